The lowest BCUT2D eigenvalue weighted by Crippen LogP contribution is -2.25. The fourth-order valence-electron chi connectivity index (χ4n) is 5.19. The molecule has 0 radical (unpaired) electrons. The van der Waals surface area contributed by atoms with Gasteiger partial charge in [-0.25, -0.2) is 0 Å². The molecule has 1 fully saturated rings. The van der Waals surface area contributed by atoms with E-state index in [2.05, 4.69) is 53.4 Å². The Morgan fingerprint density at radius 3 is 2.45 bits per heavy atom. The summed E-state index contributed by atoms with van der Waals surface area (Å²) >= 11 is 0. The molecule has 0 aromatic heterocycles. The molecule has 0 saturated carbocycles. The van der Waals surface area contributed by atoms with Crippen molar-refractivity contribution in [1.29, 1.82) is 0 Å². The summed E-state index contributed by atoms with van der Waals surface area (Å²) in [5.41, 5.74) is 6.14. The highest BCUT2D eigenvalue weighted by atomic mass is 16.5. The van der Waals surface area contributed by atoms with Gasteiger partial charge in [-0.2, -0.15) is 0 Å². The molecule has 1 atom stereocenters. The number of phenols is 1. The maximum atomic E-state index is 10.7. The number of rotatable bonds is 6. The van der Waals surface area contributed by atoms with Crippen LogP contribution in [0.15, 0.2) is 66.7 Å². The Morgan fingerprint density at radius 2 is 1.68 bits per heavy atom. The van der Waals surface area contributed by atoms with Crippen LogP contribution in [0.1, 0.15) is 41.9 Å². The Bertz CT molecular complexity index is 1010. The minimum absolute atomic E-state index is 0.375. The third kappa shape index (κ3) is 4.47. The van der Waals surface area contributed by atoms with E-state index in [9.17, 15) is 5.11 Å². The van der Waals surface area contributed by atoms with Gasteiger partial charge in [0.2, 0.25) is 0 Å². The second-order valence-corrected chi connectivity index (χ2v) is 8.87. The van der Waals surface area contributed by atoms with E-state index >= 15 is 0 Å². The van der Waals surface area contributed by atoms with Crippen LogP contribution in [0.3, 0.4) is 0 Å². The van der Waals surface area contributed by atoms with Gasteiger partial charge in [0.15, 0.2) is 0 Å². The number of hydrogen-bond donors (Lipinski definition) is 1. The summed E-state index contributed by atoms with van der Waals surface area (Å²) in [5, 5.41) is 10.7. The van der Waals surface area contributed by atoms with E-state index in [0.29, 0.717) is 11.7 Å². The average molecular weight is 414 g/mol. The predicted octanol–water partition coefficient (Wildman–Crippen LogP) is 5.81. The topological polar surface area (TPSA) is 32.7 Å². The summed E-state index contributed by atoms with van der Waals surface area (Å²) in [6.07, 6.45) is 5.76. The third-order valence-corrected chi connectivity index (χ3v) is 6.89. The lowest BCUT2D eigenvalue weighted by molar-refractivity contribution is 0.238. The summed E-state index contributed by atoms with van der Waals surface area (Å²) in [4.78, 5) is 2.46. The molecule has 3 nitrogen and oxygen atoms in total. The molecule has 1 aliphatic heterocycles. The number of benzene rings is 3. The van der Waals surface area contributed by atoms with E-state index in [1.807, 2.05) is 18.2 Å². The smallest absolute Gasteiger partial charge is 0.123 e. The van der Waals surface area contributed by atoms with Gasteiger partial charge in [0.25, 0.3) is 0 Å². The highest BCUT2D eigenvalue weighted by molar-refractivity contribution is 5.76. The van der Waals surface area contributed by atoms with Crippen molar-refractivity contribution in [3.05, 3.63) is 83.4 Å². The summed E-state index contributed by atoms with van der Waals surface area (Å²) in [6.45, 7) is 4.13. The lowest BCUT2D eigenvalue weighted by Gasteiger charge is -2.27. The maximum Gasteiger partial charge on any atom is 0.123 e. The van der Waals surface area contributed by atoms with E-state index in [1.54, 1.807) is 0 Å². The Kier molecular flexibility index (Phi) is 5.95. The molecule has 160 valence electrons. The molecule has 0 unspecified atom stereocenters. The molecule has 3 aromatic rings. The minimum Gasteiger partial charge on any atom is -0.507 e. The number of ether oxygens (including phenoxy) is 1. The molecule has 1 saturated heterocycles. The van der Waals surface area contributed by atoms with Gasteiger partial charge in [-0.15, -0.1) is 0 Å². The van der Waals surface area contributed by atoms with Gasteiger partial charge < -0.3 is 9.84 Å². The predicted molar refractivity (Wildman–Crippen MR) is 126 cm³/mol. The van der Waals surface area contributed by atoms with Crippen LogP contribution in [-0.2, 0) is 12.8 Å². The summed E-state index contributed by atoms with van der Waals surface area (Å²) < 4.78 is 5.96. The van der Waals surface area contributed by atoms with Gasteiger partial charge in [-0.3, -0.25) is 4.90 Å². The molecule has 5 rings (SSSR count). The first kappa shape index (κ1) is 20.1. The molecule has 1 aliphatic carbocycles. The van der Waals surface area contributed by atoms with Gasteiger partial charge in [0.1, 0.15) is 18.1 Å². The summed E-state index contributed by atoms with van der Waals surface area (Å²) in [7, 11) is 0. The number of likely N-dealkylation sites (tertiary alicyclic amines) is 1. The number of nitrogens with zero attached hydrogens (tertiary/aromatic N) is 1. The van der Waals surface area contributed by atoms with E-state index in [1.165, 1.54) is 42.6 Å². The zero-order chi connectivity index (χ0) is 21.0. The molecule has 1 heterocycles. The van der Waals surface area contributed by atoms with Crippen molar-refractivity contribution in [2.75, 3.05) is 26.2 Å². The van der Waals surface area contributed by atoms with Crippen LogP contribution in [0.5, 0.6) is 11.5 Å². The van der Waals surface area contributed by atoms with Gasteiger partial charge >= 0.3 is 0 Å². The van der Waals surface area contributed by atoms with Crippen LogP contribution in [0.4, 0.5) is 0 Å². The van der Waals surface area contributed by atoms with Gasteiger partial charge in [-0.1, -0.05) is 48.5 Å². The van der Waals surface area contributed by atoms with Gasteiger partial charge in [0, 0.05) is 12.1 Å². The van der Waals surface area contributed by atoms with Crippen molar-refractivity contribution in [3.63, 3.8) is 0 Å². The molecular weight excluding hydrogens is 382 g/mol. The van der Waals surface area contributed by atoms with Crippen LogP contribution in [0.25, 0.3) is 11.1 Å². The zero-order valence-electron chi connectivity index (χ0n) is 18.1. The van der Waals surface area contributed by atoms with E-state index in [-0.39, 0.29) is 0 Å². The fraction of sp³-hybridized carbons (Fsp3) is 0.357. The third-order valence-electron chi connectivity index (χ3n) is 6.89. The monoisotopic (exact) mass is 413 g/mol. The van der Waals surface area contributed by atoms with Crippen LogP contribution < -0.4 is 4.74 Å². The number of aromatic hydroxyl groups is 1. The molecule has 2 aliphatic rings. The van der Waals surface area contributed by atoms with Crippen molar-refractivity contribution in [2.45, 2.75) is 38.0 Å². The average Bonchev–Trinajstić information content (AvgIpc) is 3.34. The quantitative estimate of drug-likeness (QED) is 0.554. The lowest BCUT2D eigenvalue weighted by atomic mass is 9.77. The number of hydrogen-bond acceptors (Lipinski definition) is 3. The van der Waals surface area contributed by atoms with Crippen molar-refractivity contribution in [1.82, 2.24) is 4.90 Å². The standard InChI is InChI=1S/C28H31NO2/c30-27-15-11-24-20-23(21-6-2-1-3-7-21)10-14-26(24)28(27)22-8-12-25(13-9-22)31-19-18-29-16-4-5-17-29/h1-3,6-9,11-13,15,23,30H,4-5,10,14,16-20H2/t23-/m0/s1. The second kappa shape index (κ2) is 9.15. The van der Waals surface area contributed by atoms with Crippen LogP contribution in [-0.4, -0.2) is 36.2 Å². The summed E-state index contributed by atoms with van der Waals surface area (Å²) in [6, 6.07) is 23.0. The Hall–Kier alpha value is -2.78. The highest BCUT2D eigenvalue weighted by Gasteiger charge is 2.24. The Labute approximate surface area is 185 Å². The SMILES string of the molecule is Oc1ccc2c(c1-c1ccc(OCCN3CCCC3)cc1)CC[C@H](c1ccccc1)C2. The van der Waals surface area contributed by atoms with Crippen LogP contribution in [0, 0.1) is 0 Å². The minimum atomic E-state index is 0.375. The maximum absolute atomic E-state index is 10.7. The fourth-order valence-corrected chi connectivity index (χ4v) is 5.19. The second-order valence-electron chi connectivity index (χ2n) is 8.87. The van der Waals surface area contributed by atoms with Crippen molar-refractivity contribution < 1.29 is 9.84 Å². The molecule has 0 bridgehead atoms. The number of fused-ring (bicyclic) bond motifs is 1. The summed E-state index contributed by atoms with van der Waals surface area (Å²) in [5.74, 6) is 1.83. The molecule has 0 amide bonds. The van der Waals surface area contributed by atoms with Crippen molar-refractivity contribution >= 4 is 0 Å². The first-order valence-electron chi connectivity index (χ1n) is 11.6. The first-order valence-corrected chi connectivity index (χ1v) is 11.6. The normalized spacial score (nSPS) is 18.6. The molecule has 1 N–H and O–H groups in total. The van der Waals surface area contributed by atoms with Crippen LogP contribution in [0.2, 0.25) is 0 Å². The highest BCUT2D eigenvalue weighted by Crippen LogP contribution is 2.41. The van der Waals surface area contributed by atoms with Crippen molar-refractivity contribution in [2.24, 2.45) is 0 Å². The van der Waals surface area contributed by atoms with E-state index in [4.69, 9.17) is 4.74 Å². The molecule has 31 heavy (non-hydrogen) atoms. The Balaban J connectivity index is 1.31. The largest absolute Gasteiger partial charge is 0.507 e. The van der Waals surface area contributed by atoms with E-state index < -0.39 is 0 Å². The number of phenolic OH excluding ortho intramolecular Hbond substituents is 1. The molecular formula is C28H31NO2. The van der Waals surface area contributed by atoms with Gasteiger partial charge in [0.05, 0.1) is 0 Å². The first-order chi connectivity index (χ1) is 15.3. The molecule has 3 heteroatoms. The zero-order valence-corrected chi connectivity index (χ0v) is 18.1. The van der Waals surface area contributed by atoms with Gasteiger partial charge in [-0.05, 0) is 91.6 Å². The Morgan fingerprint density at radius 1 is 0.903 bits per heavy atom. The van der Waals surface area contributed by atoms with E-state index in [0.717, 1.165) is 49.3 Å². The van der Waals surface area contributed by atoms with Crippen LogP contribution >= 0.6 is 0 Å². The molecule has 3 aromatic carbocycles. The van der Waals surface area contributed by atoms with Crippen molar-refractivity contribution in [3.8, 4) is 22.6 Å². The molecule has 0 spiro atoms.